The minimum absolute atomic E-state index is 0.279. The van der Waals surface area contributed by atoms with Crippen molar-refractivity contribution in [1.29, 1.82) is 0 Å². The molecule has 1 heterocycles. The number of ether oxygens (including phenoxy) is 1. The Morgan fingerprint density at radius 2 is 1.24 bits per heavy atom. The molecule has 17 atom stereocenters. The van der Waals surface area contributed by atoms with Crippen LogP contribution in [0, 0.1) is 66.1 Å². The van der Waals surface area contributed by atoms with Crippen LogP contribution >= 0.6 is 0 Å². The van der Waals surface area contributed by atoms with Crippen molar-refractivity contribution in [2.45, 2.75) is 215 Å². The third-order valence-corrected chi connectivity index (χ3v) is 19.3. The van der Waals surface area contributed by atoms with E-state index in [1.165, 1.54) is 13.8 Å². The molecule has 23 nitrogen and oxygen atoms in total. The number of aliphatic hydroxyl groups excluding tert-OH is 2. The Labute approximate surface area is 548 Å². The third kappa shape index (κ3) is 22.7. The van der Waals surface area contributed by atoms with E-state index in [9.17, 15) is 67.7 Å². The second-order valence-electron chi connectivity index (χ2n) is 26.3. The Morgan fingerprint density at radius 3 is 1.77 bits per heavy atom. The van der Waals surface area contributed by atoms with Crippen molar-refractivity contribution in [1.82, 2.24) is 31.9 Å². The zero-order valence-electron chi connectivity index (χ0n) is 56.7. The number of esters is 1. The number of aliphatic hydroxyl groups is 2. The number of nitrogens with one attached hydrogen (secondary N) is 7. The Hall–Kier alpha value is -7.40. The van der Waals surface area contributed by atoms with Crippen molar-refractivity contribution >= 4 is 76.1 Å². The molecule has 1 aliphatic heterocycles. The highest BCUT2D eigenvalue weighted by Gasteiger charge is 2.61. The number of aryl methyl sites for hydroxylation is 1. The van der Waals surface area contributed by atoms with Crippen LogP contribution in [0.5, 0.6) is 0 Å². The number of amides is 7. The number of carbonyl (C=O) groups is 12. The van der Waals surface area contributed by atoms with Crippen molar-refractivity contribution in [2.75, 3.05) is 25.1 Å². The van der Waals surface area contributed by atoms with Gasteiger partial charge < -0.3 is 57.9 Å². The highest BCUT2D eigenvalue weighted by atomic mass is 16.5. The van der Waals surface area contributed by atoms with Crippen molar-refractivity contribution in [3.8, 4) is 0 Å². The minimum Gasteiger partial charge on any atom is -0.458 e. The summed E-state index contributed by atoms with van der Waals surface area (Å²) in [6, 6.07) is 10.7. The number of nitrogens with two attached hydrogens (primary N) is 1. The average molecular weight is 1300 g/mol. The normalized spacial score (nSPS) is 22.8. The van der Waals surface area contributed by atoms with E-state index >= 15 is 0 Å². The molecule has 1 aliphatic carbocycles. The summed E-state index contributed by atoms with van der Waals surface area (Å²) >= 11 is 0. The summed E-state index contributed by atoms with van der Waals surface area (Å²) in [7, 11) is 0. The van der Waals surface area contributed by atoms with Crippen molar-refractivity contribution in [2.24, 2.45) is 64.9 Å². The van der Waals surface area contributed by atoms with Crippen molar-refractivity contribution in [3.05, 3.63) is 65.7 Å². The number of ketones is 4. The van der Waals surface area contributed by atoms with Crippen LogP contribution < -0.4 is 43.0 Å². The van der Waals surface area contributed by atoms with E-state index in [1.54, 1.807) is 41.5 Å². The van der Waals surface area contributed by atoms with Crippen LogP contribution in [-0.2, 0) is 68.7 Å². The maximum absolute atomic E-state index is 14.6. The number of Topliss-reactive ketones (excluding diaryl/α,β-unsaturated/α-hetero) is 4. The molecule has 23 heteroatoms. The quantitative estimate of drug-likeness (QED) is 0.0395. The smallest absolute Gasteiger partial charge is 0.329 e. The molecule has 0 aromatic heterocycles. The Morgan fingerprint density at radius 1 is 0.677 bits per heavy atom. The van der Waals surface area contributed by atoms with Gasteiger partial charge in [0.05, 0.1) is 43.2 Å². The molecule has 2 aliphatic rings. The van der Waals surface area contributed by atoms with Gasteiger partial charge >= 0.3 is 5.97 Å². The fraction of sp³-hybridized carbons (Fsp3) is 0.657. The van der Waals surface area contributed by atoms with Crippen LogP contribution in [0.2, 0.25) is 0 Å². The zero-order valence-corrected chi connectivity index (χ0v) is 56.7. The van der Waals surface area contributed by atoms with Gasteiger partial charge in [-0.05, 0) is 93.2 Å². The molecule has 2 unspecified atom stereocenters. The SMILES string of the molecule is CC[C@H](Cc1ccccc1)C(=O)N[C@H](C(=O)C[C@@H](CO)C(=O)N[C@H](CCC(N)=O)C(=O)C[C@@H](C(=O)N[C@H](C(=O)C[C@@H](CO)C(=O)N[C@H]1C(=O)C[C@@H](C)C(=O)NC2(CC2CCNc2ccc(C)cc2)C(=O)N[C@@H]([C@@H](C)CC)C(=O)O[C@H]1C)[C@@H](C)CC)[C@@H](C)CC)[C@@H](C)CC. The third-order valence-electron chi connectivity index (χ3n) is 19.3. The molecule has 2 aromatic carbocycles. The zero-order chi connectivity index (χ0) is 69.4. The van der Waals surface area contributed by atoms with Gasteiger partial charge in [-0.1, -0.05) is 143 Å². The molecule has 0 bridgehead atoms. The maximum atomic E-state index is 14.6. The molecule has 2 fully saturated rings. The highest BCUT2D eigenvalue weighted by molar-refractivity contribution is 6.01. The van der Waals surface area contributed by atoms with Crippen LogP contribution in [-0.4, -0.2) is 142 Å². The van der Waals surface area contributed by atoms with E-state index < -0.39 is 193 Å². The predicted octanol–water partition coefficient (Wildman–Crippen LogP) is 5.07. The molecule has 1 saturated heterocycles. The number of anilines is 1. The number of cyclic esters (lactones) is 1. The fourth-order valence-electron chi connectivity index (χ4n) is 11.8. The topological polar surface area (TPSA) is 365 Å². The van der Waals surface area contributed by atoms with Gasteiger partial charge in [-0.25, -0.2) is 4.79 Å². The molecule has 1 spiro atoms. The lowest BCUT2D eigenvalue weighted by Crippen LogP contribution is -2.57. The van der Waals surface area contributed by atoms with E-state index in [4.69, 9.17) is 10.5 Å². The number of carbonyl (C=O) groups excluding carboxylic acids is 12. The average Bonchev–Trinajstić information content (AvgIpc) is 1.58. The lowest BCUT2D eigenvalue weighted by Gasteiger charge is -2.30. The Kier molecular flexibility index (Phi) is 31.5. The molecule has 0 radical (unpaired) electrons. The van der Waals surface area contributed by atoms with Crippen molar-refractivity contribution in [3.63, 3.8) is 0 Å². The van der Waals surface area contributed by atoms with E-state index in [1.807, 2.05) is 82.3 Å². The summed E-state index contributed by atoms with van der Waals surface area (Å²) in [5, 5.41) is 41.3. The maximum Gasteiger partial charge on any atom is 0.329 e. The number of hydrogen-bond acceptors (Lipinski definition) is 16. The van der Waals surface area contributed by atoms with Crippen LogP contribution in [0.1, 0.15) is 171 Å². The summed E-state index contributed by atoms with van der Waals surface area (Å²) in [6.07, 6.45) is -0.840. The fourth-order valence-corrected chi connectivity index (χ4v) is 11.8. The predicted molar refractivity (Wildman–Crippen MR) is 351 cm³/mol. The summed E-state index contributed by atoms with van der Waals surface area (Å²) in [5.74, 6) is -16.1. The molecule has 516 valence electrons. The lowest BCUT2D eigenvalue weighted by molar-refractivity contribution is -0.157. The van der Waals surface area contributed by atoms with Crippen molar-refractivity contribution < 1.29 is 72.5 Å². The van der Waals surface area contributed by atoms with Gasteiger partial charge in [0.2, 0.25) is 41.4 Å². The molecule has 1 saturated carbocycles. The largest absolute Gasteiger partial charge is 0.458 e. The Balaban J connectivity index is 1.51. The molecular formula is C70H106N8O15. The summed E-state index contributed by atoms with van der Waals surface area (Å²) < 4.78 is 5.89. The summed E-state index contributed by atoms with van der Waals surface area (Å²) in [4.78, 5) is 168. The van der Waals surface area contributed by atoms with Gasteiger partial charge in [0.25, 0.3) is 0 Å². The first kappa shape index (κ1) is 78.0. The highest BCUT2D eigenvalue weighted by Crippen LogP contribution is 2.47. The second kappa shape index (κ2) is 37.5. The second-order valence-corrected chi connectivity index (χ2v) is 26.3. The summed E-state index contributed by atoms with van der Waals surface area (Å²) in [5.41, 5.74) is 7.06. The van der Waals surface area contributed by atoms with Gasteiger partial charge in [-0.2, -0.15) is 0 Å². The molecule has 4 rings (SSSR count). The van der Waals surface area contributed by atoms with E-state index in [2.05, 4.69) is 37.2 Å². The van der Waals surface area contributed by atoms with Crippen LogP contribution in [0.15, 0.2) is 54.6 Å². The van der Waals surface area contributed by atoms with Gasteiger partial charge in [0.1, 0.15) is 23.7 Å². The number of primary amides is 1. The lowest BCUT2D eigenvalue weighted by atomic mass is 9.83. The summed E-state index contributed by atoms with van der Waals surface area (Å²) in [6.45, 7) is 19.6. The van der Waals surface area contributed by atoms with Crippen LogP contribution in [0.3, 0.4) is 0 Å². The number of rotatable bonds is 37. The van der Waals surface area contributed by atoms with Gasteiger partial charge in [-0.3, -0.25) is 52.7 Å². The molecule has 7 amide bonds. The van der Waals surface area contributed by atoms with E-state index in [0.717, 1.165) is 16.8 Å². The van der Waals surface area contributed by atoms with E-state index in [0.29, 0.717) is 51.5 Å². The molecule has 2 aromatic rings. The first-order valence-corrected chi connectivity index (χ1v) is 33.5. The van der Waals surface area contributed by atoms with Gasteiger partial charge in [-0.15, -0.1) is 0 Å². The first-order valence-electron chi connectivity index (χ1n) is 33.5. The number of benzene rings is 2. The van der Waals surface area contributed by atoms with Crippen LogP contribution in [0.4, 0.5) is 5.69 Å². The molecule has 11 N–H and O–H groups in total. The first-order chi connectivity index (χ1) is 44.0. The molecule has 93 heavy (non-hydrogen) atoms. The van der Waals surface area contributed by atoms with Crippen LogP contribution in [0.25, 0.3) is 0 Å². The number of hydrogen-bond donors (Lipinski definition) is 10. The molecular weight excluding hydrogens is 1190 g/mol. The minimum atomic E-state index is -1.59. The monoisotopic (exact) mass is 1300 g/mol. The standard InChI is InChI=1S/C70H106N8O15/c1-13-40(7)52(35-54(81)53(27-28-58(71)85)73-65(88)48(37-79)33-56(83)59(41(8)14-2)74-64(87)47(17-5)32-46-21-19-18-20-22-46)67(90)75-60(42(9)15-3)57(84)34-49(38-80)66(89)76-62-45(12)93-68(91)61(43(10)16-4)77-69(92)70(78-63(86)44(11)31-55(62)82)36-50(70)29-30-72-51-25-23-39(6)24-26-51/h18-26,40-45,47-50,52-53,59-62,72,79-80H,13-17,27-38H2,1-12H3,(H2,71,85)(H,73,88)(H,74,87)(H,75,90)(H,76,89)(H,77,92)(H,78,86)/t40-,41-,42-,43-,44+,45-,47+,48-,49-,50?,52+,53+,59-,60-,61-,62+,70?/m0/s1. The van der Waals surface area contributed by atoms with Gasteiger partial charge in [0, 0.05) is 62.1 Å². The Bertz CT molecular complexity index is 2890. The van der Waals surface area contributed by atoms with Gasteiger partial charge in [0.15, 0.2) is 23.1 Å². The van der Waals surface area contributed by atoms with E-state index in [-0.39, 0.29) is 37.0 Å².